The Morgan fingerprint density at radius 1 is 1.14 bits per heavy atom. The molecule has 4 nitrogen and oxygen atoms in total. The lowest BCUT2D eigenvalue weighted by Gasteiger charge is -2.40. The standard InChI is InChI=1S/C17H25N3O/c1-14(21)16-6-5-9-18-17(16)20-12-7-15(8-13-20)19-10-3-2-4-11-19/h5-6,9,15H,2-4,7-8,10-13H2,1H3. The molecular formula is C17H25N3O. The minimum Gasteiger partial charge on any atom is -0.356 e. The summed E-state index contributed by atoms with van der Waals surface area (Å²) in [4.78, 5) is 21.2. The molecule has 0 bridgehead atoms. The number of anilines is 1. The van der Waals surface area contributed by atoms with Crippen molar-refractivity contribution in [2.75, 3.05) is 31.1 Å². The molecular weight excluding hydrogens is 262 g/mol. The van der Waals surface area contributed by atoms with Crippen LogP contribution < -0.4 is 4.90 Å². The third-order valence-electron chi connectivity index (χ3n) is 4.84. The number of nitrogens with zero attached hydrogens (tertiary/aromatic N) is 3. The third kappa shape index (κ3) is 3.26. The second-order valence-corrected chi connectivity index (χ2v) is 6.25. The quantitative estimate of drug-likeness (QED) is 0.801. The molecule has 0 atom stereocenters. The molecule has 3 heterocycles. The highest BCUT2D eigenvalue weighted by Gasteiger charge is 2.27. The molecule has 0 amide bonds. The SMILES string of the molecule is CC(=O)c1cccnc1N1CCC(N2CCCCC2)CC1. The monoisotopic (exact) mass is 287 g/mol. The number of ketones is 1. The molecule has 21 heavy (non-hydrogen) atoms. The largest absolute Gasteiger partial charge is 0.356 e. The summed E-state index contributed by atoms with van der Waals surface area (Å²) in [5.74, 6) is 0.985. The van der Waals surface area contributed by atoms with E-state index in [0.29, 0.717) is 0 Å². The van der Waals surface area contributed by atoms with Crippen molar-refractivity contribution in [1.29, 1.82) is 0 Å². The summed E-state index contributed by atoms with van der Waals surface area (Å²) in [5, 5.41) is 0. The fourth-order valence-electron chi connectivity index (χ4n) is 3.65. The van der Waals surface area contributed by atoms with Crippen LogP contribution in [0.4, 0.5) is 5.82 Å². The van der Waals surface area contributed by atoms with Crippen LogP contribution in [0, 0.1) is 0 Å². The molecule has 114 valence electrons. The zero-order chi connectivity index (χ0) is 14.7. The van der Waals surface area contributed by atoms with Gasteiger partial charge in [-0.2, -0.15) is 0 Å². The predicted octanol–water partition coefficient (Wildman–Crippen LogP) is 2.74. The Labute approximate surface area is 127 Å². The van der Waals surface area contributed by atoms with E-state index in [-0.39, 0.29) is 5.78 Å². The predicted molar refractivity (Wildman–Crippen MR) is 84.9 cm³/mol. The summed E-state index contributed by atoms with van der Waals surface area (Å²) in [6.45, 7) is 6.19. The van der Waals surface area contributed by atoms with E-state index in [1.165, 1.54) is 45.2 Å². The van der Waals surface area contributed by atoms with E-state index < -0.39 is 0 Å². The average molecular weight is 287 g/mol. The van der Waals surface area contributed by atoms with Crippen molar-refractivity contribution in [1.82, 2.24) is 9.88 Å². The number of carbonyl (C=O) groups excluding carboxylic acids is 1. The Morgan fingerprint density at radius 3 is 2.52 bits per heavy atom. The highest BCUT2D eigenvalue weighted by atomic mass is 16.1. The van der Waals surface area contributed by atoms with Crippen LogP contribution in [0.3, 0.4) is 0 Å². The van der Waals surface area contributed by atoms with Gasteiger partial charge in [-0.1, -0.05) is 6.42 Å². The molecule has 2 fully saturated rings. The molecule has 0 unspecified atom stereocenters. The summed E-state index contributed by atoms with van der Waals surface area (Å²) in [5.41, 5.74) is 0.758. The van der Waals surface area contributed by atoms with Crippen LogP contribution in [-0.4, -0.2) is 47.9 Å². The Kier molecular flexibility index (Phi) is 4.54. The lowest BCUT2D eigenvalue weighted by molar-refractivity contribution is 0.101. The van der Waals surface area contributed by atoms with Gasteiger partial charge in [-0.25, -0.2) is 4.98 Å². The Morgan fingerprint density at radius 2 is 1.86 bits per heavy atom. The lowest BCUT2D eigenvalue weighted by atomic mass is 9.99. The summed E-state index contributed by atoms with van der Waals surface area (Å²) in [6.07, 6.45) is 8.27. The van der Waals surface area contributed by atoms with E-state index >= 15 is 0 Å². The van der Waals surface area contributed by atoms with Crippen molar-refractivity contribution in [3.63, 3.8) is 0 Å². The number of hydrogen-bond donors (Lipinski definition) is 0. The van der Waals surface area contributed by atoms with Crippen LogP contribution in [0.15, 0.2) is 18.3 Å². The van der Waals surface area contributed by atoms with Crippen molar-refractivity contribution in [3.8, 4) is 0 Å². The van der Waals surface area contributed by atoms with E-state index in [1.54, 1.807) is 13.1 Å². The van der Waals surface area contributed by atoms with Gasteiger partial charge in [0.25, 0.3) is 0 Å². The zero-order valence-corrected chi connectivity index (χ0v) is 12.9. The number of pyridine rings is 1. The minimum atomic E-state index is 0.108. The number of aromatic nitrogens is 1. The first-order valence-corrected chi connectivity index (χ1v) is 8.20. The fourth-order valence-corrected chi connectivity index (χ4v) is 3.65. The molecule has 1 aromatic heterocycles. The molecule has 0 aliphatic carbocycles. The van der Waals surface area contributed by atoms with Gasteiger partial charge >= 0.3 is 0 Å². The highest BCUT2D eigenvalue weighted by Crippen LogP contribution is 2.25. The maximum absolute atomic E-state index is 11.7. The number of hydrogen-bond acceptors (Lipinski definition) is 4. The average Bonchev–Trinajstić information content (AvgIpc) is 2.56. The second kappa shape index (κ2) is 6.56. The summed E-state index contributed by atoms with van der Waals surface area (Å²) in [6, 6.07) is 4.47. The first-order valence-electron chi connectivity index (χ1n) is 8.20. The minimum absolute atomic E-state index is 0.108. The molecule has 1 aromatic rings. The van der Waals surface area contributed by atoms with Crippen LogP contribution >= 0.6 is 0 Å². The van der Waals surface area contributed by atoms with E-state index in [9.17, 15) is 4.79 Å². The van der Waals surface area contributed by atoms with Gasteiger partial charge in [0.15, 0.2) is 5.78 Å². The van der Waals surface area contributed by atoms with Crippen molar-refractivity contribution in [3.05, 3.63) is 23.9 Å². The van der Waals surface area contributed by atoms with E-state index in [0.717, 1.165) is 30.5 Å². The number of Topliss-reactive ketones (excluding diaryl/α,β-unsaturated/α-hetero) is 1. The van der Waals surface area contributed by atoms with Crippen molar-refractivity contribution in [2.24, 2.45) is 0 Å². The van der Waals surface area contributed by atoms with Gasteiger partial charge in [0.05, 0.1) is 5.56 Å². The third-order valence-corrected chi connectivity index (χ3v) is 4.84. The Bertz CT molecular complexity index is 489. The first kappa shape index (κ1) is 14.5. The maximum Gasteiger partial charge on any atom is 0.163 e. The summed E-state index contributed by atoms with van der Waals surface area (Å²) >= 11 is 0. The van der Waals surface area contributed by atoms with Gasteiger partial charge in [-0.15, -0.1) is 0 Å². The van der Waals surface area contributed by atoms with Crippen LogP contribution in [-0.2, 0) is 0 Å². The van der Waals surface area contributed by atoms with Gasteiger partial charge in [-0.3, -0.25) is 4.79 Å². The number of rotatable bonds is 3. The summed E-state index contributed by atoms with van der Waals surface area (Å²) in [7, 11) is 0. The van der Waals surface area contributed by atoms with Gasteiger partial charge in [0.1, 0.15) is 5.82 Å². The molecule has 0 radical (unpaired) electrons. The molecule has 0 aromatic carbocycles. The van der Waals surface area contributed by atoms with Crippen LogP contribution in [0.2, 0.25) is 0 Å². The van der Waals surface area contributed by atoms with Gasteiger partial charge in [0, 0.05) is 25.3 Å². The molecule has 0 saturated carbocycles. The molecule has 2 saturated heterocycles. The molecule has 2 aliphatic heterocycles. The molecule has 2 aliphatic rings. The van der Waals surface area contributed by atoms with Crippen LogP contribution in [0.1, 0.15) is 49.4 Å². The van der Waals surface area contributed by atoms with E-state index in [4.69, 9.17) is 0 Å². The first-order chi connectivity index (χ1) is 10.3. The second-order valence-electron chi connectivity index (χ2n) is 6.25. The smallest absolute Gasteiger partial charge is 0.163 e. The lowest BCUT2D eigenvalue weighted by Crippen LogP contribution is -2.47. The molecule has 0 spiro atoms. The highest BCUT2D eigenvalue weighted by molar-refractivity contribution is 5.98. The maximum atomic E-state index is 11.7. The normalized spacial score (nSPS) is 21.5. The topological polar surface area (TPSA) is 36.4 Å². The number of carbonyl (C=O) groups is 1. The van der Waals surface area contributed by atoms with Crippen LogP contribution in [0.5, 0.6) is 0 Å². The van der Waals surface area contributed by atoms with E-state index in [1.807, 2.05) is 12.1 Å². The van der Waals surface area contributed by atoms with Gasteiger partial charge in [-0.05, 0) is 57.8 Å². The molecule has 4 heteroatoms. The molecule has 0 N–H and O–H groups in total. The van der Waals surface area contributed by atoms with Crippen molar-refractivity contribution < 1.29 is 4.79 Å². The zero-order valence-electron chi connectivity index (χ0n) is 12.9. The number of likely N-dealkylation sites (tertiary alicyclic amines) is 1. The van der Waals surface area contributed by atoms with Crippen molar-refractivity contribution >= 4 is 11.6 Å². The van der Waals surface area contributed by atoms with E-state index in [2.05, 4.69) is 14.8 Å². The van der Waals surface area contributed by atoms with Crippen molar-refractivity contribution in [2.45, 2.75) is 45.1 Å². The number of piperidine rings is 2. The Hall–Kier alpha value is -1.42. The summed E-state index contributed by atoms with van der Waals surface area (Å²) < 4.78 is 0. The fraction of sp³-hybridized carbons (Fsp3) is 0.647. The van der Waals surface area contributed by atoms with Gasteiger partial charge < -0.3 is 9.80 Å². The Balaban J connectivity index is 1.64. The van der Waals surface area contributed by atoms with Gasteiger partial charge in [0.2, 0.25) is 0 Å². The molecule has 3 rings (SSSR count). The van der Waals surface area contributed by atoms with Crippen LogP contribution in [0.25, 0.3) is 0 Å².